The second-order valence-electron chi connectivity index (χ2n) is 6.79. The Morgan fingerprint density at radius 3 is 2.09 bits per heavy atom. The number of benzene rings is 2. The van der Waals surface area contributed by atoms with Crippen molar-refractivity contribution in [1.82, 2.24) is 16.2 Å². The summed E-state index contributed by atoms with van der Waals surface area (Å²) in [5.74, 6) is -2.97. The van der Waals surface area contributed by atoms with Crippen molar-refractivity contribution in [3.8, 4) is 0 Å². The Hall–Kier alpha value is -2.15. The number of hydrogen-bond donors (Lipinski definition) is 3. The predicted molar refractivity (Wildman–Crippen MR) is 123 cm³/mol. The summed E-state index contributed by atoms with van der Waals surface area (Å²) in [4.78, 5) is 23.4. The van der Waals surface area contributed by atoms with Gasteiger partial charge < -0.3 is 5.32 Å². The van der Waals surface area contributed by atoms with Crippen molar-refractivity contribution in [3.63, 3.8) is 0 Å². The molecule has 2 aromatic rings. The third kappa shape index (κ3) is 8.78. The van der Waals surface area contributed by atoms with Crippen LogP contribution in [0.15, 0.2) is 40.9 Å². The third-order valence-electron chi connectivity index (χ3n) is 4.18. The molecule has 3 N–H and O–H groups in total. The lowest BCUT2D eigenvalue weighted by Crippen LogP contribution is -2.49. The monoisotopic (exact) mass is 625 g/mol. The first kappa shape index (κ1) is 29.1. The fourth-order valence-corrected chi connectivity index (χ4v) is 3.79. The minimum atomic E-state index is -4.69. The number of hydrogen-bond acceptors (Lipinski definition) is 2. The van der Waals surface area contributed by atoms with Gasteiger partial charge in [0.05, 0.1) is 26.5 Å². The average molecular weight is 628 g/mol. The van der Waals surface area contributed by atoms with E-state index >= 15 is 0 Å². The quantitative estimate of drug-likeness (QED) is 0.185. The van der Waals surface area contributed by atoms with Gasteiger partial charge >= 0.3 is 18.4 Å². The Morgan fingerprint density at radius 2 is 1.57 bits per heavy atom. The molecule has 3 amide bonds. The molecule has 2 aromatic carbocycles. The summed E-state index contributed by atoms with van der Waals surface area (Å²) in [5.41, 5.74) is 3.62. The van der Waals surface area contributed by atoms with Crippen LogP contribution in [0, 0.1) is 0 Å². The lowest BCUT2D eigenvalue weighted by molar-refractivity contribution is -0.139. The molecule has 0 aliphatic rings. The molecule has 1 atom stereocenters. The fourth-order valence-electron chi connectivity index (χ4n) is 2.60. The van der Waals surface area contributed by atoms with E-state index in [9.17, 15) is 35.9 Å². The lowest BCUT2D eigenvalue weighted by Gasteiger charge is -2.18. The zero-order valence-corrected chi connectivity index (χ0v) is 20.8. The van der Waals surface area contributed by atoms with Gasteiger partial charge in [0.1, 0.15) is 6.54 Å². The minimum absolute atomic E-state index is 0.0538. The van der Waals surface area contributed by atoms with Crippen LogP contribution in [0.5, 0.6) is 0 Å². The molecular weight excluding hydrogens is 614 g/mol. The van der Waals surface area contributed by atoms with Gasteiger partial charge in [0, 0.05) is 4.47 Å². The second-order valence-corrected chi connectivity index (χ2v) is 8.84. The molecule has 0 heterocycles. The largest absolute Gasteiger partial charge is 0.405 e. The molecule has 0 spiro atoms. The fraction of sp³-hybridized carbons (Fsp3) is 0.200. The van der Waals surface area contributed by atoms with Crippen molar-refractivity contribution >= 4 is 68.7 Å². The van der Waals surface area contributed by atoms with Crippen molar-refractivity contribution in [2.75, 3.05) is 6.54 Å². The zero-order valence-electron chi connectivity index (χ0n) is 16.9. The number of alkyl halides is 6. The van der Waals surface area contributed by atoms with Crippen LogP contribution in [0.4, 0.5) is 31.1 Å². The Bertz CT molecular complexity index is 1120. The van der Waals surface area contributed by atoms with E-state index in [1.165, 1.54) is 23.5 Å². The maximum Gasteiger partial charge on any atom is 0.405 e. The maximum absolute atomic E-state index is 13.7. The highest BCUT2D eigenvalue weighted by atomic mass is 79.9. The molecule has 35 heavy (non-hydrogen) atoms. The van der Waals surface area contributed by atoms with Gasteiger partial charge in [-0.05, 0) is 51.3 Å². The highest BCUT2D eigenvalue weighted by molar-refractivity contribution is 9.10. The van der Waals surface area contributed by atoms with Gasteiger partial charge in [-0.25, -0.2) is 10.2 Å². The summed E-state index contributed by atoms with van der Waals surface area (Å²) in [5, 5.41) is 1.13. The van der Waals surface area contributed by atoms with Crippen molar-refractivity contribution in [2.45, 2.75) is 18.3 Å². The lowest BCUT2D eigenvalue weighted by atomic mass is 9.97. The van der Waals surface area contributed by atoms with E-state index in [1.807, 2.05) is 5.43 Å². The smallest absolute Gasteiger partial charge is 0.328 e. The number of amides is 3. The van der Waals surface area contributed by atoms with E-state index < -0.39 is 36.8 Å². The van der Waals surface area contributed by atoms with Gasteiger partial charge in [0.2, 0.25) is 0 Å². The standard InChI is InChI=1S/C20H13BrCl3F6N3O2/c21-13-5-9(1-3-11(13)17(34)32-33-18(35)31-8-19(25,26)27)2-4-12(20(28,29)30)10-6-14(22)16(24)15(23)7-10/h1-7,12H,8H2,(H,32,34)(H2,31,33,35). The highest BCUT2D eigenvalue weighted by Crippen LogP contribution is 2.41. The molecule has 0 fully saturated rings. The minimum Gasteiger partial charge on any atom is -0.328 e. The van der Waals surface area contributed by atoms with E-state index in [0.29, 0.717) is 0 Å². The number of carbonyl (C=O) groups excluding carboxylic acids is 2. The number of halogens is 10. The third-order valence-corrected chi connectivity index (χ3v) is 6.03. The predicted octanol–water partition coefficient (Wildman–Crippen LogP) is 7.27. The van der Waals surface area contributed by atoms with Crippen LogP contribution in [-0.2, 0) is 0 Å². The molecular formula is C20H13BrCl3F6N3O2. The van der Waals surface area contributed by atoms with Crippen LogP contribution in [0.2, 0.25) is 15.1 Å². The van der Waals surface area contributed by atoms with E-state index in [2.05, 4.69) is 15.9 Å². The van der Waals surface area contributed by atoms with E-state index in [4.69, 9.17) is 34.8 Å². The highest BCUT2D eigenvalue weighted by Gasteiger charge is 2.39. The Kier molecular flexibility index (Phi) is 9.74. The van der Waals surface area contributed by atoms with Crippen molar-refractivity contribution in [2.24, 2.45) is 0 Å². The molecule has 190 valence electrons. The first-order valence-corrected chi connectivity index (χ1v) is 11.1. The van der Waals surface area contributed by atoms with Crippen LogP contribution in [0.1, 0.15) is 27.4 Å². The molecule has 0 aliphatic carbocycles. The van der Waals surface area contributed by atoms with Gasteiger partial charge in [0.15, 0.2) is 0 Å². The number of allylic oxidation sites excluding steroid dienone is 1. The average Bonchev–Trinajstić information content (AvgIpc) is 2.73. The molecule has 0 aliphatic heterocycles. The van der Waals surface area contributed by atoms with Gasteiger partial charge in [0.25, 0.3) is 5.91 Å². The summed E-state index contributed by atoms with van der Waals surface area (Å²) in [6, 6.07) is 4.68. The number of rotatable bonds is 5. The summed E-state index contributed by atoms with van der Waals surface area (Å²) in [6.45, 7) is -1.60. The topological polar surface area (TPSA) is 70.2 Å². The van der Waals surface area contributed by atoms with Crippen molar-refractivity contribution < 1.29 is 35.9 Å². The zero-order chi connectivity index (χ0) is 26.6. The van der Waals surface area contributed by atoms with Gasteiger partial charge in [-0.2, -0.15) is 26.3 Å². The second kappa shape index (κ2) is 11.7. The summed E-state index contributed by atoms with van der Waals surface area (Å²) in [6.07, 6.45) is -7.30. The van der Waals surface area contributed by atoms with Gasteiger partial charge in [-0.15, -0.1) is 0 Å². The van der Waals surface area contributed by atoms with Crippen LogP contribution in [0.25, 0.3) is 6.08 Å². The number of carbonyl (C=O) groups is 2. The van der Waals surface area contributed by atoms with E-state index in [1.54, 1.807) is 5.43 Å². The van der Waals surface area contributed by atoms with E-state index in [-0.39, 0.29) is 36.2 Å². The van der Waals surface area contributed by atoms with Crippen LogP contribution >= 0.6 is 50.7 Å². The summed E-state index contributed by atoms with van der Waals surface area (Å²) >= 11 is 20.6. The number of hydrazine groups is 1. The van der Waals surface area contributed by atoms with E-state index in [0.717, 1.165) is 24.3 Å². The summed E-state index contributed by atoms with van der Waals surface area (Å²) < 4.78 is 77.3. The van der Waals surface area contributed by atoms with Gasteiger partial charge in [-0.1, -0.05) is 53.0 Å². The number of nitrogens with one attached hydrogen (secondary N) is 3. The molecule has 0 saturated carbocycles. The first-order chi connectivity index (χ1) is 16.1. The molecule has 5 nitrogen and oxygen atoms in total. The van der Waals surface area contributed by atoms with Crippen LogP contribution in [0.3, 0.4) is 0 Å². The molecule has 1 unspecified atom stereocenters. The molecule has 0 radical (unpaired) electrons. The van der Waals surface area contributed by atoms with Crippen molar-refractivity contribution in [1.29, 1.82) is 0 Å². The maximum atomic E-state index is 13.7. The van der Waals surface area contributed by atoms with Crippen LogP contribution < -0.4 is 16.2 Å². The molecule has 0 bridgehead atoms. The Labute approximate surface area is 217 Å². The first-order valence-electron chi connectivity index (χ1n) is 9.18. The molecule has 2 rings (SSSR count). The van der Waals surface area contributed by atoms with Gasteiger partial charge in [-0.3, -0.25) is 10.2 Å². The SMILES string of the molecule is O=C(NCC(F)(F)F)NNC(=O)c1ccc(C=CC(c2cc(Cl)c(Cl)c(Cl)c2)C(F)(F)F)cc1Br. The van der Waals surface area contributed by atoms with Crippen molar-refractivity contribution in [3.05, 3.63) is 72.6 Å². The molecule has 0 saturated heterocycles. The number of urea groups is 1. The molecule has 0 aromatic heterocycles. The Balaban J connectivity index is 2.15. The normalized spacial score (nSPS) is 13.0. The summed E-state index contributed by atoms with van der Waals surface area (Å²) in [7, 11) is 0. The van der Waals surface area contributed by atoms with Crippen LogP contribution in [-0.4, -0.2) is 30.8 Å². The Morgan fingerprint density at radius 1 is 0.971 bits per heavy atom. The molecule has 15 heteroatoms.